The van der Waals surface area contributed by atoms with E-state index >= 15 is 0 Å². The van der Waals surface area contributed by atoms with Gasteiger partial charge in [0.05, 0.1) is 10.9 Å². The Morgan fingerprint density at radius 1 is 1.06 bits per heavy atom. The van der Waals surface area contributed by atoms with Gasteiger partial charge in [-0.3, -0.25) is 9.59 Å². The summed E-state index contributed by atoms with van der Waals surface area (Å²) in [5.41, 5.74) is 3.82. The van der Waals surface area contributed by atoms with E-state index in [0.717, 1.165) is 26.7 Å². The van der Waals surface area contributed by atoms with Gasteiger partial charge in [-0.05, 0) is 43.9 Å². The summed E-state index contributed by atoms with van der Waals surface area (Å²) in [6.45, 7) is 12.2. The Morgan fingerprint density at radius 3 is 2.41 bits per heavy atom. The average molecular weight is 496 g/mol. The third-order valence-corrected chi connectivity index (χ3v) is 7.35. The molecule has 0 fully saturated rings. The van der Waals surface area contributed by atoms with E-state index in [-0.39, 0.29) is 22.5 Å². The Labute approximate surface area is 210 Å². The lowest BCUT2D eigenvalue weighted by atomic mass is 9.92. The number of thiazole rings is 1. The van der Waals surface area contributed by atoms with Crippen molar-refractivity contribution in [2.45, 2.75) is 64.5 Å². The number of amides is 2. The molecular formula is C27H33N3O2S2. The normalized spacial score (nSPS) is 12.3. The third-order valence-electron chi connectivity index (χ3n) is 5.10. The standard InChI is InChI=1S/C27H33N3O2S2/c1-7-22(34-21-10-8-9-20(15-21)28-23(31)16-27(4,5)6)25(32)30-26-29-24(18(3)33-26)19-13-11-17(2)12-14-19/h8-15,22H,7,16H2,1-6H3,(H,28,31)(H,29,30,32). The molecule has 2 aromatic carbocycles. The van der Waals surface area contributed by atoms with Gasteiger partial charge in [-0.15, -0.1) is 23.1 Å². The fraction of sp³-hybridized carbons (Fsp3) is 0.370. The van der Waals surface area contributed by atoms with E-state index in [1.54, 1.807) is 0 Å². The van der Waals surface area contributed by atoms with Crippen molar-refractivity contribution in [3.05, 3.63) is 59.0 Å². The lowest BCUT2D eigenvalue weighted by molar-refractivity contribution is -0.118. The predicted molar refractivity (Wildman–Crippen MR) is 145 cm³/mol. The number of thioether (sulfide) groups is 1. The SMILES string of the molecule is CCC(Sc1cccc(NC(=O)CC(C)(C)C)c1)C(=O)Nc1nc(-c2ccc(C)cc2)c(C)s1. The van der Waals surface area contributed by atoms with Gasteiger partial charge in [0.1, 0.15) is 0 Å². The minimum atomic E-state index is -0.271. The molecule has 0 aliphatic rings. The van der Waals surface area contributed by atoms with E-state index in [1.165, 1.54) is 28.7 Å². The van der Waals surface area contributed by atoms with E-state index in [2.05, 4.69) is 46.8 Å². The number of nitrogens with zero attached hydrogens (tertiary/aromatic N) is 1. The number of carbonyl (C=O) groups is 2. The van der Waals surface area contributed by atoms with E-state index in [0.29, 0.717) is 18.0 Å². The first-order valence-electron chi connectivity index (χ1n) is 11.5. The highest BCUT2D eigenvalue weighted by atomic mass is 32.2. The van der Waals surface area contributed by atoms with Crippen LogP contribution < -0.4 is 10.6 Å². The maximum atomic E-state index is 13.0. The minimum absolute atomic E-state index is 0.0112. The van der Waals surface area contributed by atoms with Gasteiger partial charge in [0.25, 0.3) is 0 Å². The number of benzene rings is 2. The molecule has 0 saturated carbocycles. The lowest BCUT2D eigenvalue weighted by Crippen LogP contribution is -2.24. The summed E-state index contributed by atoms with van der Waals surface area (Å²) in [4.78, 5) is 32.0. The van der Waals surface area contributed by atoms with Crippen LogP contribution in [0.4, 0.5) is 10.8 Å². The van der Waals surface area contributed by atoms with Crippen molar-refractivity contribution < 1.29 is 9.59 Å². The molecule has 2 N–H and O–H groups in total. The molecule has 0 aliphatic heterocycles. The summed E-state index contributed by atoms with van der Waals surface area (Å²) in [7, 11) is 0. The maximum Gasteiger partial charge on any atom is 0.239 e. The minimum Gasteiger partial charge on any atom is -0.326 e. The zero-order valence-corrected chi connectivity index (χ0v) is 22.3. The zero-order chi connectivity index (χ0) is 24.9. The average Bonchev–Trinajstić information content (AvgIpc) is 3.11. The number of nitrogens with one attached hydrogen (secondary N) is 2. The van der Waals surface area contributed by atoms with Crippen LogP contribution in [-0.4, -0.2) is 22.0 Å². The van der Waals surface area contributed by atoms with Gasteiger partial charge in [-0.2, -0.15) is 0 Å². The topological polar surface area (TPSA) is 71.1 Å². The largest absolute Gasteiger partial charge is 0.326 e. The van der Waals surface area contributed by atoms with Crippen LogP contribution in [0.2, 0.25) is 0 Å². The van der Waals surface area contributed by atoms with E-state index in [4.69, 9.17) is 0 Å². The smallest absolute Gasteiger partial charge is 0.239 e. The van der Waals surface area contributed by atoms with Crippen LogP contribution in [-0.2, 0) is 9.59 Å². The van der Waals surface area contributed by atoms with Crippen LogP contribution in [0.25, 0.3) is 11.3 Å². The van der Waals surface area contributed by atoms with E-state index in [1.807, 2.05) is 58.9 Å². The summed E-state index contributed by atoms with van der Waals surface area (Å²) in [5, 5.41) is 6.31. The highest BCUT2D eigenvalue weighted by molar-refractivity contribution is 8.00. The van der Waals surface area contributed by atoms with Crippen LogP contribution in [0.5, 0.6) is 0 Å². The maximum absolute atomic E-state index is 13.0. The van der Waals surface area contributed by atoms with Crippen LogP contribution in [0.3, 0.4) is 0 Å². The number of anilines is 2. The molecule has 7 heteroatoms. The molecule has 2 amide bonds. The Kier molecular flexibility index (Phi) is 8.55. The zero-order valence-electron chi connectivity index (χ0n) is 20.7. The molecule has 1 atom stereocenters. The van der Waals surface area contributed by atoms with Gasteiger partial charge < -0.3 is 10.6 Å². The number of carbonyl (C=O) groups excluding carboxylic acids is 2. The molecule has 3 rings (SSSR count). The van der Waals surface area contributed by atoms with Gasteiger partial charge in [0, 0.05) is 27.4 Å². The molecule has 0 bridgehead atoms. The molecular weight excluding hydrogens is 462 g/mol. The van der Waals surface area contributed by atoms with Gasteiger partial charge in [-0.25, -0.2) is 4.98 Å². The fourth-order valence-corrected chi connectivity index (χ4v) is 5.29. The van der Waals surface area contributed by atoms with Crippen molar-refractivity contribution >= 4 is 45.7 Å². The van der Waals surface area contributed by atoms with Crippen molar-refractivity contribution in [3.63, 3.8) is 0 Å². The Morgan fingerprint density at radius 2 is 1.76 bits per heavy atom. The summed E-state index contributed by atoms with van der Waals surface area (Å²) in [5.74, 6) is -0.0816. The van der Waals surface area contributed by atoms with Crippen molar-refractivity contribution in [2.24, 2.45) is 5.41 Å². The van der Waals surface area contributed by atoms with Crippen LogP contribution in [0.1, 0.15) is 51.0 Å². The van der Waals surface area contributed by atoms with Crippen LogP contribution in [0, 0.1) is 19.3 Å². The van der Waals surface area contributed by atoms with Crippen LogP contribution in [0.15, 0.2) is 53.4 Å². The van der Waals surface area contributed by atoms with Crippen molar-refractivity contribution in [1.82, 2.24) is 4.98 Å². The number of hydrogen-bond donors (Lipinski definition) is 2. The van der Waals surface area contributed by atoms with E-state index < -0.39 is 0 Å². The van der Waals surface area contributed by atoms with Gasteiger partial charge in [0.2, 0.25) is 11.8 Å². The Bertz CT molecular complexity index is 1150. The highest BCUT2D eigenvalue weighted by Gasteiger charge is 2.21. The summed E-state index contributed by atoms with van der Waals surface area (Å²) < 4.78 is 0. The number of aromatic nitrogens is 1. The van der Waals surface area contributed by atoms with Crippen molar-refractivity contribution in [1.29, 1.82) is 0 Å². The Hall–Kier alpha value is -2.64. The highest BCUT2D eigenvalue weighted by Crippen LogP contribution is 2.33. The molecule has 0 saturated heterocycles. The summed E-state index contributed by atoms with van der Waals surface area (Å²) in [6.07, 6.45) is 1.12. The molecule has 180 valence electrons. The number of hydrogen-bond acceptors (Lipinski definition) is 5. The first-order chi connectivity index (χ1) is 16.0. The number of rotatable bonds is 8. The Balaban J connectivity index is 1.66. The third kappa shape index (κ3) is 7.43. The second kappa shape index (κ2) is 11.2. The van der Waals surface area contributed by atoms with Crippen molar-refractivity contribution in [2.75, 3.05) is 10.6 Å². The molecule has 0 radical (unpaired) electrons. The van der Waals surface area contributed by atoms with Gasteiger partial charge >= 0.3 is 0 Å². The first kappa shape index (κ1) is 26.0. The van der Waals surface area contributed by atoms with Gasteiger partial charge in [0.15, 0.2) is 5.13 Å². The monoisotopic (exact) mass is 495 g/mol. The molecule has 1 unspecified atom stereocenters. The molecule has 34 heavy (non-hydrogen) atoms. The first-order valence-corrected chi connectivity index (χ1v) is 13.2. The molecule has 0 spiro atoms. The predicted octanol–water partition coefficient (Wildman–Crippen LogP) is 7.31. The summed E-state index contributed by atoms with van der Waals surface area (Å²) >= 11 is 2.98. The quantitative estimate of drug-likeness (QED) is 0.321. The molecule has 0 aliphatic carbocycles. The molecule has 1 aromatic heterocycles. The second-order valence-electron chi connectivity index (χ2n) is 9.61. The molecule has 3 aromatic rings. The molecule has 1 heterocycles. The van der Waals surface area contributed by atoms with Gasteiger partial charge in [-0.1, -0.05) is 63.6 Å². The summed E-state index contributed by atoms with van der Waals surface area (Å²) in [6, 6.07) is 15.9. The second-order valence-corrected chi connectivity index (χ2v) is 12.1. The fourth-order valence-electron chi connectivity index (χ4n) is 3.44. The van der Waals surface area contributed by atoms with Crippen molar-refractivity contribution in [3.8, 4) is 11.3 Å². The molecule has 5 nitrogen and oxygen atoms in total. The van der Waals surface area contributed by atoms with E-state index in [9.17, 15) is 9.59 Å². The van der Waals surface area contributed by atoms with Crippen LogP contribution >= 0.6 is 23.1 Å². The lowest BCUT2D eigenvalue weighted by Gasteiger charge is -2.18. The number of aryl methyl sites for hydroxylation is 2.